The molecule has 4 aliphatic rings. The highest BCUT2D eigenvalue weighted by atomic mass is 16.5. The van der Waals surface area contributed by atoms with Crippen LogP contribution in [0.5, 0.6) is 23.0 Å². The molecule has 0 spiro atoms. The molecule has 0 N–H and O–H groups in total. The van der Waals surface area contributed by atoms with E-state index in [9.17, 15) is 0 Å². The van der Waals surface area contributed by atoms with Gasteiger partial charge in [0.1, 0.15) is 24.7 Å². The van der Waals surface area contributed by atoms with Gasteiger partial charge in [0.2, 0.25) is 0 Å². The number of unbranched alkanes of at least 4 members (excludes halogenated alkanes) is 21. The Labute approximate surface area is 888 Å². The van der Waals surface area contributed by atoms with Crippen molar-refractivity contribution in [3.05, 3.63) is 364 Å². The molecular weight excluding hydrogens is 1820 g/mol. The Morgan fingerprint density at radius 3 is 0.926 bits per heavy atom. The van der Waals surface area contributed by atoms with Gasteiger partial charge in [-0.1, -0.05) is 357 Å². The first-order valence-corrected chi connectivity index (χ1v) is 57.6. The van der Waals surface area contributed by atoms with E-state index in [1.165, 1.54) is 320 Å². The lowest BCUT2D eigenvalue weighted by Gasteiger charge is -2.35. The number of nitrogens with zero attached hydrogens (tertiary/aromatic N) is 3. The fourth-order valence-corrected chi connectivity index (χ4v) is 26.3. The summed E-state index contributed by atoms with van der Waals surface area (Å²) >= 11 is 0. The highest BCUT2D eigenvalue weighted by Gasteiger charge is 2.49. The molecule has 0 atom stereocenters. The van der Waals surface area contributed by atoms with Crippen LogP contribution in [0.2, 0.25) is 0 Å². The number of fused-ring (bicyclic) bond motifs is 17. The molecular formula is C141H155N3O5. The minimum Gasteiger partial charge on any atom is -0.491 e. The normalized spacial score (nSPS) is 13.6. The first-order valence-electron chi connectivity index (χ1n) is 57.6. The summed E-state index contributed by atoms with van der Waals surface area (Å²) in [7, 11) is 0. The molecule has 0 saturated carbocycles. The van der Waals surface area contributed by atoms with Crippen molar-refractivity contribution in [2.24, 2.45) is 0 Å². The van der Waals surface area contributed by atoms with Crippen molar-refractivity contribution in [1.29, 1.82) is 0 Å². The number of anilines is 3. The van der Waals surface area contributed by atoms with Gasteiger partial charge in [0.05, 0.1) is 63.4 Å². The maximum absolute atomic E-state index is 7.45. The monoisotopic (exact) mass is 1970 g/mol. The summed E-state index contributed by atoms with van der Waals surface area (Å²) in [5.41, 5.74) is 41.8. The van der Waals surface area contributed by atoms with Crippen LogP contribution in [0.1, 0.15) is 313 Å². The quantitative estimate of drug-likeness (QED) is 0.0354. The van der Waals surface area contributed by atoms with Crippen LogP contribution in [0.15, 0.2) is 291 Å². The average Bonchev–Trinajstić information content (AvgIpc) is 1.53. The maximum atomic E-state index is 7.45. The standard InChI is InChI=1S/C141H155N3O5/c1-12-19-24-28-32-36-77-139(78-37-33-29-25-20-13-2)125-88-100(11)41-65-115(125)116-67-48-104(91-126(116)139)106-50-69-119-120-70-51-107(94-130(120)141(129(119)93-106,108-53-61-113(62-54-108)147-83-81-145-17-6)109-55-63-114(64-56-109)148-84-82-146-18-7)105-49-68-118-117-66-47-103(90-127(117)140(128(118)92-105,79-38-34-30-26-21-14-3)80-39-35-31-27-22-15-4)102-52-74-134-124(89-102)123-87-99(10)44-73-133(123)144(134)112-60-76-136-138(96-112)149-137-95-111(59-75-135(137)142(136)110-57-45-101(46-58-110)40-23-16-5)143-131-71-42-97(8)85-121(131)122-86-98(9)43-72-132(122)143/h41-76,85-96H,12-40,77-84H2,1-11H3. The number of benzene rings is 15. The number of ether oxygens (including phenoxy) is 5. The summed E-state index contributed by atoms with van der Waals surface area (Å²) in [5, 5.41) is 4.98. The molecule has 0 saturated heterocycles. The first-order chi connectivity index (χ1) is 73.2. The predicted octanol–water partition coefficient (Wildman–Crippen LogP) is 39.8. The Hall–Kier alpha value is -13.0. The molecule has 8 nitrogen and oxygen atoms in total. The SMILES string of the molecule is CCCCCCCCC1(CCCCCCCC)c2cc(C)ccc2-c2ccc(-c3ccc4c(c3)C(c3ccc(OCCOCC)cc3)(c3ccc(OCCOCC)cc3)c3cc(-c5ccc6c(c5)C(CCCCCCCC)(CCCCCCCC)c5cc(-c7ccc8c(c7)c7cc(C)ccc7n8-c7ccc8c(c7)Oc7cc(-n9c%10ccc(C)cc%10c%10cc(C)ccc%109)ccc7N8c7ccc(CCCC)cc7)ccc5-6)ccc3-4)cc21. The minimum atomic E-state index is -0.803. The van der Waals surface area contributed by atoms with Crippen molar-refractivity contribution >= 4 is 60.7 Å². The summed E-state index contributed by atoms with van der Waals surface area (Å²) in [6.07, 6.45) is 38.2. The highest BCUT2D eigenvalue weighted by molar-refractivity contribution is 6.12. The molecule has 0 radical (unpaired) electrons. The average molecular weight is 1970 g/mol. The van der Waals surface area contributed by atoms with Gasteiger partial charge in [0, 0.05) is 63.4 Å². The smallest absolute Gasteiger partial charge is 0.153 e. The maximum Gasteiger partial charge on any atom is 0.153 e. The van der Waals surface area contributed by atoms with Crippen molar-refractivity contribution in [2.45, 2.75) is 291 Å². The zero-order chi connectivity index (χ0) is 102. The van der Waals surface area contributed by atoms with E-state index in [-0.39, 0.29) is 10.8 Å². The van der Waals surface area contributed by atoms with Gasteiger partial charge in [-0.3, -0.25) is 0 Å². The van der Waals surface area contributed by atoms with E-state index < -0.39 is 5.41 Å². The molecule has 15 aromatic carbocycles. The number of aromatic nitrogens is 2. The van der Waals surface area contributed by atoms with E-state index in [1.54, 1.807) is 5.56 Å². The predicted molar refractivity (Wildman–Crippen MR) is 629 cm³/mol. The second-order valence-corrected chi connectivity index (χ2v) is 44.0. The molecule has 2 aromatic heterocycles. The van der Waals surface area contributed by atoms with E-state index in [2.05, 4.69) is 368 Å². The van der Waals surface area contributed by atoms with E-state index in [1.807, 2.05) is 13.8 Å². The lowest BCUT2D eigenvalue weighted by molar-refractivity contribution is 0.110. The summed E-state index contributed by atoms with van der Waals surface area (Å²) in [4.78, 5) is 2.42. The Morgan fingerprint density at radius 2 is 0.550 bits per heavy atom. The van der Waals surface area contributed by atoms with Crippen LogP contribution in [0.4, 0.5) is 17.1 Å². The van der Waals surface area contributed by atoms with Crippen molar-refractivity contribution in [3.63, 3.8) is 0 Å². The van der Waals surface area contributed by atoms with Gasteiger partial charge in [-0.15, -0.1) is 0 Å². The van der Waals surface area contributed by atoms with Gasteiger partial charge in [-0.2, -0.15) is 0 Å². The number of hydrogen-bond donors (Lipinski definition) is 0. The fraction of sp³-hybridized carbons (Fsp3) is 0.362. The van der Waals surface area contributed by atoms with E-state index in [0.29, 0.717) is 39.6 Å². The third-order valence-corrected chi connectivity index (χ3v) is 33.9. The van der Waals surface area contributed by atoms with Gasteiger partial charge in [0.15, 0.2) is 11.5 Å². The van der Waals surface area contributed by atoms with Crippen molar-refractivity contribution < 1.29 is 23.7 Å². The third kappa shape index (κ3) is 20.1. The Bertz CT molecular complexity index is 7480. The zero-order valence-electron chi connectivity index (χ0n) is 90.8. The molecule has 0 amide bonds. The summed E-state index contributed by atoms with van der Waals surface area (Å²) in [5.74, 6) is 3.27. The molecule has 0 fully saturated rings. The summed E-state index contributed by atoms with van der Waals surface area (Å²) < 4.78 is 37.2. The molecule has 0 unspecified atom stereocenters. The molecule has 0 bridgehead atoms. The van der Waals surface area contributed by atoms with Crippen LogP contribution in [0, 0.1) is 27.7 Å². The molecule has 21 rings (SSSR count). The van der Waals surface area contributed by atoms with E-state index in [4.69, 9.17) is 23.7 Å². The Morgan fingerprint density at radius 1 is 0.248 bits per heavy atom. The minimum absolute atomic E-state index is 0.0742. The molecule has 149 heavy (non-hydrogen) atoms. The second kappa shape index (κ2) is 45.8. The lowest BCUT2D eigenvalue weighted by atomic mass is 9.67. The van der Waals surface area contributed by atoms with Crippen molar-refractivity contribution in [2.75, 3.05) is 44.5 Å². The molecule has 3 heterocycles. The summed E-state index contributed by atoms with van der Waals surface area (Å²) in [6.45, 7) is 28.0. The van der Waals surface area contributed by atoms with Crippen LogP contribution < -0.4 is 19.1 Å². The number of aryl methyl sites for hydroxylation is 5. The second-order valence-electron chi connectivity index (χ2n) is 44.0. The van der Waals surface area contributed by atoms with Crippen molar-refractivity contribution in [3.8, 4) is 101 Å². The third-order valence-electron chi connectivity index (χ3n) is 33.9. The van der Waals surface area contributed by atoms with Gasteiger partial charge in [-0.25, -0.2) is 0 Å². The van der Waals surface area contributed by atoms with Gasteiger partial charge >= 0.3 is 0 Å². The van der Waals surface area contributed by atoms with Gasteiger partial charge in [-0.05, 0) is 336 Å². The zero-order valence-corrected chi connectivity index (χ0v) is 90.8. The lowest BCUT2D eigenvalue weighted by Crippen LogP contribution is -2.28. The Kier molecular flexibility index (Phi) is 31.3. The highest BCUT2D eigenvalue weighted by Crippen LogP contribution is 2.63. The van der Waals surface area contributed by atoms with Crippen LogP contribution in [0.3, 0.4) is 0 Å². The molecule has 764 valence electrons. The van der Waals surface area contributed by atoms with Crippen LogP contribution in [-0.4, -0.2) is 48.8 Å². The molecule has 8 heteroatoms. The fourth-order valence-electron chi connectivity index (χ4n) is 26.3. The molecule has 1 aliphatic heterocycles. The largest absolute Gasteiger partial charge is 0.491 e. The number of hydrogen-bond acceptors (Lipinski definition) is 6. The summed E-state index contributed by atoms with van der Waals surface area (Å²) in [6, 6.07) is 115. The molecule has 3 aliphatic carbocycles. The van der Waals surface area contributed by atoms with Crippen LogP contribution >= 0.6 is 0 Å². The first kappa shape index (κ1) is 102. The molecule has 17 aromatic rings. The van der Waals surface area contributed by atoms with E-state index >= 15 is 0 Å². The van der Waals surface area contributed by atoms with Crippen LogP contribution in [-0.2, 0) is 32.1 Å². The topological polar surface area (TPSA) is 59.2 Å². The Balaban J connectivity index is 0.684. The van der Waals surface area contributed by atoms with Crippen LogP contribution in [0.25, 0.3) is 122 Å². The van der Waals surface area contributed by atoms with Gasteiger partial charge in [0.25, 0.3) is 0 Å². The van der Waals surface area contributed by atoms with E-state index in [0.717, 1.165) is 107 Å². The van der Waals surface area contributed by atoms with Crippen molar-refractivity contribution in [1.82, 2.24) is 9.13 Å². The number of rotatable bonds is 49. The van der Waals surface area contributed by atoms with Gasteiger partial charge < -0.3 is 37.7 Å².